The Bertz CT molecular complexity index is 731. The van der Waals surface area contributed by atoms with E-state index in [9.17, 15) is 4.79 Å². The Morgan fingerprint density at radius 2 is 1.83 bits per heavy atom. The van der Waals surface area contributed by atoms with Gasteiger partial charge in [0, 0.05) is 16.6 Å². The number of halogens is 1. The summed E-state index contributed by atoms with van der Waals surface area (Å²) in [6.45, 7) is 5.01. The number of amides is 1. The second kappa shape index (κ2) is 8.31. The molecule has 4 nitrogen and oxygen atoms in total. The van der Waals surface area contributed by atoms with Crippen molar-refractivity contribution in [3.63, 3.8) is 0 Å². The van der Waals surface area contributed by atoms with Crippen LogP contribution in [0.15, 0.2) is 40.9 Å². The zero-order valence-corrected chi connectivity index (χ0v) is 16.1. The van der Waals surface area contributed by atoms with Crippen molar-refractivity contribution in [1.29, 1.82) is 0 Å². The standard InChI is InChI=1S/C19H23BrN2O2/c1-13-6-8-18(24-4)15(9-13)11-22(3)12-19(23)21-17-7-5-14(2)10-16(17)20/h5-10H,11-12H2,1-4H3,(H,21,23). The monoisotopic (exact) mass is 390 g/mol. The summed E-state index contributed by atoms with van der Waals surface area (Å²) < 4.78 is 6.28. The summed E-state index contributed by atoms with van der Waals surface area (Å²) in [6.07, 6.45) is 0. The van der Waals surface area contributed by atoms with Crippen LogP contribution in [-0.2, 0) is 11.3 Å². The molecule has 2 aromatic carbocycles. The largest absolute Gasteiger partial charge is 0.496 e. The van der Waals surface area contributed by atoms with Crippen LogP contribution < -0.4 is 10.1 Å². The Balaban J connectivity index is 1.98. The molecule has 0 bridgehead atoms. The highest BCUT2D eigenvalue weighted by Crippen LogP contribution is 2.24. The van der Waals surface area contributed by atoms with Crippen LogP contribution in [0.25, 0.3) is 0 Å². The van der Waals surface area contributed by atoms with E-state index < -0.39 is 0 Å². The highest BCUT2D eigenvalue weighted by molar-refractivity contribution is 9.10. The maximum atomic E-state index is 12.3. The summed E-state index contributed by atoms with van der Waals surface area (Å²) in [5.41, 5.74) is 4.17. The Morgan fingerprint density at radius 3 is 2.50 bits per heavy atom. The summed E-state index contributed by atoms with van der Waals surface area (Å²) in [5.74, 6) is 0.794. The quantitative estimate of drug-likeness (QED) is 0.805. The minimum atomic E-state index is -0.0475. The smallest absolute Gasteiger partial charge is 0.238 e. The molecule has 5 heteroatoms. The molecule has 0 spiro atoms. The molecule has 0 aliphatic rings. The summed E-state index contributed by atoms with van der Waals surface area (Å²) in [5, 5.41) is 2.94. The third kappa shape index (κ3) is 5.08. The van der Waals surface area contributed by atoms with E-state index in [0.717, 1.165) is 27.0 Å². The molecule has 0 saturated heterocycles. The molecular formula is C19H23BrN2O2. The second-order valence-corrected chi connectivity index (χ2v) is 6.87. The van der Waals surface area contributed by atoms with E-state index in [2.05, 4.69) is 27.3 Å². The van der Waals surface area contributed by atoms with Gasteiger partial charge in [-0.25, -0.2) is 0 Å². The minimum absolute atomic E-state index is 0.0475. The van der Waals surface area contributed by atoms with Crippen molar-refractivity contribution in [3.05, 3.63) is 57.6 Å². The number of carbonyl (C=O) groups is 1. The van der Waals surface area contributed by atoms with E-state index in [1.807, 2.05) is 56.1 Å². The van der Waals surface area contributed by atoms with E-state index in [1.54, 1.807) is 7.11 Å². The van der Waals surface area contributed by atoms with E-state index in [-0.39, 0.29) is 5.91 Å². The topological polar surface area (TPSA) is 41.6 Å². The SMILES string of the molecule is COc1ccc(C)cc1CN(C)CC(=O)Nc1ccc(C)cc1Br. The predicted molar refractivity (Wildman–Crippen MR) is 102 cm³/mol. The Morgan fingerprint density at radius 1 is 1.17 bits per heavy atom. The number of hydrogen-bond donors (Lipinski definition) is 1. The number of nitrogens with zero attached hydrogens (tertiary/aromatic N) is 1. The molecule has 2 aromatic rings. The molecule has 24 heavy (non-hydrogen) atoms. The highest BCUT2D eigenvalue weighted by atomic mass is 79.9. The molecule has 0 unspecified atom stereocenters. The van der Waals surface area contributed by atoms with Crippen LogP contribution in [-0.4, -0.2) is 31.5 Å². The van der Waals surface area contributed by atoms with Crippen molar-refractivity contribution < 1.29 is 9.53 Å². The molecule has 1 amide bonds. The Hall–Kier alpha value is -1.85. The third-order valence-corrected chi connectivity index (χ3v) is 4.34. The van der Waals surface area contributed by atoms with Gasteiger partial charge in [-0.05, 0) is 60.6 Å². The molecule has 0 radical (unpaired) electrons. The lowest BCUT2D eigenvalue weighted by Gasteiger charge is -2.19. The van der Waals surface area contributed by atoms with Crippen molar-refractivity contribution in [2.45, 2.75) is 20.4 Å². The first-order valence-corrected chi connectivity index (χ1v) is 8.56. The molecule has 0 aliphatic heterocycles. The Kier molecular flexibility index (Phi) is 6.40. The molecule has 0 aromatic heterocycles. The normalized spacial score (nSPS) is 10.8. The molecule has 128 valence electrons. The minimum Gasteiger partial charge on any atom is -0.496 e. The number of carbonyl (C=O) groups excluding carboxylic acids is 1. The van der Waals surface area contributed by atoms with Gasteiger partial charge in [-0.15, -0.1) is 0 Å². The fraction of sp³-hybridized carbons (Fsp3) is 0.316. The van der Waals surface area contributed by atoms with Crippen LogP contribution in [0.4, 0.5) is 5.69 Å². The Labute approximate surface area is 151 Å². The molecule has 0 fully saturated rings. The van der Waals surface area contributed by atoms with Crippen LogP contribution in [0.1, 0.15) is 16.7 Å². The number of benzene rings is 2. The lowest BCUT2D eigenvalue weighted by Crippen LogP contribution is -2.30. The summed E-state index contributed by atoms with van der Waals surface area (Å²) >= 11 is 3.48. The van der Waals surface area contributed by atoms with Crippen LogP contribution in [0.2, 0.25) is 0 Å². The van der Waals surface area contributed by atoms with Crippen LogP contribution >= 0.6 is 15.9 Å². The van der Waals surface area contributed by atoms with E-state index in [0.29, 0.717) is 13.1 Å². The van der Waals surface area contributed by atoms with Gasteiger partial charge in [0.05, 0.1) is 19.3 Å². The number of methoxy groups -OCH3 is 1. The predicted octanol–water partition coefficient (Wildman–Crippen LogP) is 4.15. The number of ether oxygens (including phenoxy) is 1. The van der Waals surface area contributed by atoms with Crippen LogP contribution in [0, 0.1) is 13.8 Å². The first-order valence-electron chi connectivity index (χ1n) is 7.77. The highest BCUT2D eigenvalue weighted by Gasteiger charge is 2.12. The fourth-order valence-corrected chi connectivity index (χ4v) is 3.13. The van der Waals surface area contributed by atoms with Crippen molar-refractivity contribution in [2.24, 2.45) is 0 Å². The van der Waals surface area contributed by atoms with Gasteiger partial charge in [0.15, 0.2) is 0 Å². The van der Waals surface area contributed by atoms with Gasteiger partial charge in [0.2, 0.25) is 5.91 Å². The summed E-state index contributed by atoms with van der Waals surface area (Å²) in [4.78, 5) is 14.2. The number of anilines is 1. The lowest BCUT2D eigenvalue weighted by atomic mass is 10.1. The molecule has 0 heterocycles. The number of aryl methyl sites for hydroxylation is 2. The van der Waals surface area contributed by atoms with Crippen molar-refractivity contribution in [3.8, 4) is 5.75 Å². The lowest BCUT2D eigenvalue weighted by molar-refractivity contribution is -0.117. The molecule has 0 saturated carbocycles. The number of nitrogens with one attached hydrogen (secondary N) is 1. The molecule has 0 aliphatic carbocycles. The second-order valence-electron chi connectivity index (χ2n) is 6.02. The van der Waals surface area contributed by atoms with Crippen molar-refractivity contribution >= 4 is 27.5 Å². The van der Waals surface area contributed by atoms with E-state index in [1.165, 1.54) is 5.56 Å². The van der Waals surface area contributed by atoms with Gasteiger partial charge in [-0.2, -0.15) is 0 Å². The van der Waals surface area contributed by atoms with Gasteiger partial charge in [0.1, 0.15) is 5.75 Å². The van der Waals surface area contributed by atoms with Crippen molar-refractivity contribution in [2.75, 3.05) is 26.0 Å². The van der Waals surface area contributed by atoms with Crippen LogP contribution in [0.5, 0.6) is 5.75 Å². The molecule has 2 rings (SSSR count). The summed E-state index contributed by atoms with van der Waals surface area (Å²) in [7, 11) is 3.58. The first kappa shape index (κ1) is 18.5. The van der Waals surface area contributed by atoms with Crippen LogP contribution in [0.3, 0.4) is 0 Å². The van der Waals surface area contributed by atoms with Gasteiger partial charge in [-0.3, -0.25) is 9.69 Å². The van der Waals surface area contributed by atoms with Gasteiger partial charge < -0.3 is 10.1 Å². The molecular weight excluding hydrogens is 368 g/mol. The average Bonchev–Trinajstić information content (AvgIpc) is 2.50. The maximum Gasteiger partial charge on any atom is 0.238 e. The van der Waals surface area contributed by atoms with E-state index >= 15 is 0 Å². The molecule has 0 atom stereocenters. The number of rotatable bonds is 6. The zero-order chi connectivity index (χ0) is 17.7. The molecule has 1 N–H and O–H groups in total. The fourth-order valence-electron chi connectivity index (χ4n) is 2.53. The number of hydrogen-bond acceptors (Lipinski definition) is 3. The zero-order valence-electron chi connectivity index (χ0n) is 14.5. The van der Waals surface area contributed by atoms with Crippen molar-refractivity contribution in [1.82, 2.24) is 4.90 Å². The maximum absolute atomic E-state index is 12.3. The van der Waals surface area contributed by atoms with Gasteiger partial charge in [-0.1, -0.05) is 23.8 Å². The first-order chi connectivity index (χ1) is 11.4. The third-order valence-electron chi connectivity index (χ3n) is 3.69. The summed E-state index contributed by atoms with van der Waals surface area (Å²) in [6, 6.07) is 11.9. The van der Waals surface area contributed by atoms with Gasteiger partial charge in [0.25, 0.3) is 0 Å². The number of likely N-dealkylation sites (N-methyl/N-ethyl adjacent to an activating group) is 1. The average molecular weight is 391 g/mol. The van der Waals surface area contributed by atoms with Gasteiger partial charge >= 0.3 is 0 Å². The van der Waals surface area contributed by atoms with E-state index in [4.69, 9.17) is 4.74 Å².